The van der Waals surface area contributed by atoms with Crippen LogP contribution in [0.25, 0.3) is 127 Å². The molecule has 13 aromatic rings. The zero-order valence-electron chi connectivity index (χ0n) is 36.4. The molecule has 0 atom stereocenters. The van der Waals surface area contributed by atoms with Crippen LogP contribution < -0.4 is 0 Å². The van der Waals surface area contributed by atoms with Gasteiger partial charge in [-0.1, -0.05) is 218 Å². The van der Waals surface area contributed by atoms with Crippen molar-refractivity contribution >= 4 is 54.1 Å². The molecule has 0 N–H and O–H groups in total. The van der Waals surface area contributed by atoms with Crippen LogP contribution >= 0.6 is 0 Å². The van der Waals surface area contributed by atoms with Crippen molar-refractivity contribution < 1.29 is 0 Å². The van der Waals surface area contributed by atoms with Crippen LogP contribution in [0.4, 0.5) is 0 Å². The van der Waals surface area contributed by atoms with E-state index in [2.05, 4.69) is 241 Å². The van der Waals surface area contributed by atoms with Gasteiger partial charge in [0.1, 0.15) is 0 Å². The number of aromatic nitrogens is 4. The van der Waals surface area contributed by atoms with Crippen molar-refractivity contribution in [3.8, 4) is 73.2 Å². The smallest absolute Gasteiger partial charge is 0.164 e. The van der Waals surface area contributed by atoms with Gasteiger partial charge in [-0.05, 0) is 84.4 Å². The zero-order valence-corrected chi connectivity index (χ0v) is 36.4. The van der Waals surface area contributed by atoms with Crippen molar-refractivity contribution in [1.82, 2.24) is 19.5 Å². The predicted molar refractivity (Wildman–Crippen MR) is 279 cm³/mol. The molecule has 4 heteroatoms. The summed E-state index contributed by atoms with van der Waals surface area (Å²) in [5.74, 6) is 1.83. The average molecular weight is 853 g/mol. The first-order valence-corrected chi connectivity index (χ1v) is 22.8. The monoisotopic (exact) mass is 852 g/mol. The lowest BCUT2D eigenvalue weighted by Gasteiger charge is -2.21. The summed E-state index contributed by atoms with van der Waals surface area (Å²) in [5.41, 5.74) is 13.0. The summed E-state index contributed by atoms with van der Waals surface area (Å²) in [4.78, 5) is 16.4. The Balaban J connectivity index is 1.12. The molecule has 0 bridgehead atoms. The van der Waals surface area contributed by atoms with Gasteiger partial charge in [0.25, 0.3) is 0 Å². The summed E-state index contributed by atoms with van der Waals surface area (Å²) in [6.07, 6.45) is 0. The van der Waals surface area contributed by atoms with E-state index in [4.69, 9.17) is 15.0 Å². The predicted octanol–water partition coefficient (Wildman–Crippen LogP) is 16.4. The SMILES string of the molecule is c1ccc(-c2ccc(-c3nc(-c4ccc(-c5ccccc5)c5ccccc45)nc(-c4cc(-n5c6ccccc6c6ccccc65)c(-c5cccc6ccccc56)c5ccccc45)n3)cc2)cc1. The molecular weight excluding hydrogens is 813 g/mol. The second-order valence-corrected chi connectivity index (χ2v) is 17.1. The van der Waals surface area contributed by atoms with Gasteiger partial charge in [-0.2, -0.15) is 0 Å². The van der Waals surface area contributed by atoms with E-state index in [0.717, 1.165) is 82.8 Å². The summed E-state index contributed by atoms with van der Waals surface area (Å²) >= 11 is 0. The average Bonchev–Trinajstić information content (AvgIpc) is 3.74. The Morgan fingerprint density at radius 2 is 0.701 bits per heavy atom. The van der Waals surface area contributed by atoms with Gasteiger partial charge in [-0.15, -0.1) is 0 Å². The van der Waals surface area contributed by atoms with Crippen LogP contribution in [0, 0.1) is 0 Å². The molecule has 0 radical (unpaired) electrons. The normalized spacial score (nSPS) is 11.6. The number of hydrogen-bond acceptors (Lipinski definition) is 3. The van der Waals surface area contributed by atoms with E-state index in [1.54, 1.807) is 0 Å². The molecule has 13 rings (SSSR count). The van der Waals surface area contributed by atoms with Crippen molar-refractivity contribution in [3.05, 3.63) is 243 Å². The first-order chi connectivity index (χ1) is 33.2. The van der Waals surface area contributed by atoms with Crippen LogP contribution in [0.2, 0.25) is 0 Å². The number of benzene rings is 11. The summed E-state index contributed by atoms with van der Waals surface area (Å²) < 4.78 is 2.44. The molecule has 0 spiro atoms. The van der Waals surface area contributed by atoms with E-state index in [0.29, 0.717) is 17.5 Å². The Morgan fingerprint density at radius 1 is 0.254 bits per heavy atom. The second kappa shape index (κ2) is 15.9. The Hall–Kier alpha value is -8.99. The van der Waals surface area contributed by atoms with Crippen LogP contribution in [0.3, 0.4) is 0 Å². The third kappa shape index (κ3) is 6.49. The maximum absolute atomic E-state index is 5.54. The highest BCUT2D eigenvalue weighted by molar-refractivity contribution is 6.16. The van der Waals surface area contributed by atoms with Gasteiger partial charge in [0.2, 0.25) is 0 Å². The van der Waals surface area contributed by atoms with Crippen LogP contribution in [-0.2, 0) is 0 Å². The van der Waals surface area contributed by atoms with Gasteiger partial charge in [-0.3, -0.25) is 0 Å². The van der Waals surface area contributed by atoms with Crippen molar-refractivity contribution in [2.24, 2.45) is 0 Å². The Morgan fingerprint density at radius 3 is 1.37 bits per heavy atom. The quantitative estimate of drug-likeness (QED) is 0.160. The molecule has 0 aliphatic carbocycles. The molecule has 4 nitrogen and oxygen atoms in total. The van der Waals surface area contributed by atoms with Gasteiger partial charge >= 0.3 is 0 Å². The van der Waals surface area contributed by atoms with Crippen molar-refractivity contribution in [2.45, 2.75) is 0 Å². The van der Waals surface area contributed by atoms with E-state index >= 15 is 0 Å². The van der Waals surface area contributed by atoms with Crippen LogP contribution in [0.1, 0.15) is 0 Å². The number of hydrogen-bond donors (Lipinski definition) is 0. The van der Waals surface area contributed by atoms with Crippen molar-refractivity contribution in [3.63, 3.8) is 0 Å². The fourth-order valence-corrected chi connectivity index (χ4v) is 10.2. The standard InChI is InChI=1S/C63H40N4/c1-3-18-41(19-4-1)42-34-36-45(37-35-42)61-64-62(55-39-38-47(43-20-5-2-6-21-43)48-25-9-10-26-49(48)55)66-63(65-61)56-40-59(67-57-32-15-13-28-51(57)52-29-14-16-33-58(52)67)60(54-30-12-11-27-50(54)56)53-31-17-23-44-22-7-8-24-46(44)53/h1-40H. The number of rotatable bonds is 7. The minimum atomic E-state index is 0.603. The molecule has 0 fully saturated rings. The molecule has 11 aromatic carbocycles. The van der Waals surface area contributed by atoms with Crippen LogP contribution in [-0.4, -0.2) is 19.5 Å². The van der Waals surface area contributed by atoms with Crippen LogP contribution in [0.5, 0.6) is 0 Å². The van der Waals surface area contributed by atoms with Crippen molar-refractivity contribution in [1.29, 1.82) is 0 Å². The highest BCUT2D eigenvalue weighted by Crippen LogP contribution is 2.45. The molecule has 0 unspecified atom stereocenters. The largest absolute Gasteiger partial charge is 0.309 e. The number of fused-ring (bicyclic) bond motifs is 6. The summed E-state index contributed by atoms with van der Waals surface area (Å²) in [7, 11) is 0. The molecule has 0 aliphatic heterocycles. The van der Waals surface area contributed by atoms with Gasteiger partial charge in [0.15, 0.2) is 17.5 Å². The third-order valence-corrected chi connectivity index (χ3v) is 13.3. The third-order valence-electron chi connectivity index (χ3n) is 13.3. The molecule has 2 heterocycles. The summed E-state index contributed by atoms with van der Waals surface area (Å²) in [6, 6.07) is 86.5. The van der Waals surface area contributed by atoms with E-state index in [9.17, 15) is 0 Å². The van der Waals surface area contributed by atoms with E-state index in [-0.39, 0.29) is 0 Å². The second-order valence-electron chi connectivity index (χ2n) is 17.1. The molecule has 0 amide bonds. The molecule has 312 valence electrons. The molecule has 0 saturated carbocycles. The lowest BCUT2D eigenvalue weighted by molar-refractivity contribution is 1.08. The van der Waals surface area contributed by atoms with Crippen LogP contribution in [0.15, 0.2) is 243 Å². The lowest BCUT2D eigenvalue weighted by Crippen LogP contribution is -2.04. The number of para-hydroxylation sites is 2. The van der Waals surface area contributed by atoms with Crippen molar-refractivity contribution in [2.75, 3.05) is 0 Å². The highest BCUT2D eigenvalue weighted by Gasteiger charge is 2.24. The van der Waals surface area contributed by atoms with E-state index in [1.165, 1.54) is 27.1 Å². The zero-order chi connectivity index (χ0) is 44.3. The molecule has 2 aromatic heterocycles. The summed E-state index contributed by atoms with van der Waals surface area (Å²) in [5, 5.41) is 9.17. The maximum Gasteiger partial charge on any atom is 0.164 e. The number of nitrogens with zero attached hydrogens (tertiary/aromatic N) is 4. The Bertz CT molecular complexity index is 3960. The first kappa shape index (κ1) is 38.5. The Labute approximate surface area is 387 Å². The van der Waals surface area contributed by atoms with Gasteiger partial charge in [-0.25, -0.2) is 15.0 Å². The van der Waals surface area contributed by atoms with E-state index in [1.807, 2.05) is 6.07 Å². The van der Waals surface area contributed by atoms with Gasteiger partial charge < -0.3 is 4.57 Å². The fraction of sp³-hybridized carbons (Fsp3) is 0. The Kier molecular flexibility index (Phi) is 9.14. The molecule has 0 aliphatic rings. The first-order valence-electron chi connectivity index (χ1n) is 22.8. The molecule has 0 saturated heterocycles. The molecule has 67 heavy (non-hydrogen) atoms. The van der Waals surface area contributed by atoms with E-state index < -0.39 is 0 Å². The maximum atomic E-state index is 5.54. The summed E-state index contributed by atoms with van der Waals surface area (Å²) in [6.45, 7) is 0. The lowest BCUT2D eigenvalue weighted by atomic mass is 9.89. The minimum absolute atomic E-state index is 0.603. The minimum Gasteiger partial charge on any atom is -0.309 e. The topological polar surface area (TPSA) is 43.6 Å². The molecular formula is C63H40N4. The fourth-order valence-electron chi connectivity index (χ4n) is 10.2. The van der Waals surface area contributed by atoms with Gasteiger partial charge in [0, 0.05) is 33.0 Å². The highest BCUT2D eigenvalue weighted by atomic mass is 15.0. The van der Waals surface area contributed by atoms with Gasteiger partial charge in [0.05, 0.1) is 16.7 Å².